The lowest BCUT2D eigenvalue weighted by Crippen LogP contribution is -2.16. The van der Waals surface area contributed by atoms with E-state index in [4.69, 9.17) is 16.3 Å². The van der Waals surface area contributed by atoms with E-state index >= 15 is 0 Å². The van der Waals surface area contributed by atoms with Crippen molar-refractivity contribution in [1.82, 2.24) is 15.3 Å². The molecule has 0 unspecified atom stereocenters. The molecule has 0 fully saturated rings. The van der Waals surface area contributed by atoms with Crippen molar-refractivity contribution in [2.45, 2.75) is 19.4 Å². The number of ether oxygens (including phenoxy) is 1. The van der Waals surface area contributed by atoms with Gasteiger partial charge < -0.3 is 20.2 Å². The molecule has 3 rings (SSSR count). The molecule has 2 aromatic carbocycles. The number of nitrogens with zero attached hydrogens (tertiary/aromatic N) is 2. The number of rotatable bonds is 9. The zero-order chi connectivity index (χ0) is 21.7. The summed E-state index contributed by atoms with van der Waals surface area (Å²) in [6.45, 7) is 1.56. The van der Waals surface area contributed by atoms with Crippen molar-refractivity contribution in [3.8, 4) is 0 Å². The molecule has 1 heterocycles. The van der Waals surface area contributed by atoms with Crippen molar-refractivity contribution >= 4 is 28.3 Å². The lowest BCUT2D eigenvalue weighted by molar-refractivity contribution is 0.194. The van der Waals surface area contributed by atoms with Crippen LogP contribution in [0.2, 0.25) is 5.02 Å². The van der Waals surface area contributed by atoms with E-state index in [1.54, 1.807) is 7.11 Å². The van der Waals surface area contributed by atoms with Gasteiger partial charge in [-0.15, -0.1) is 0 Å². The molecule has 30 heavy (non-hydrogen) atoms. The normalized spacial score (nSPS) is 12.1. The predicted octanol–water partition coefficient (Wildman–Crippen LogP) is 4.18. The number of aromatic nitrogens is 2. The average molecular weight is 441 g/mol. The summed E-state index contributed by atoms with van der Waals surface area (Å²) in [5.41, 5.74) is 0.724. The molecule has 0 aliphatic rings. The number of hydrogen-bond acceptors (Lipinski definition) is 5. The van der Waals surface area contributed by atoms with E-state index in [1.807, 2.05) is 0 Å². The van der Waals surface area contributed by atoms with Crippen molar-refractivity contribution in [2.75, 3.05) is 20.3 Å². The SMILES string of the molecule is COCCCNCc1nc2c(F)c(F)cc(/C(Cc3ccc(F)c(Cl)c3)=N/O)c2[nH]1. The van der Waals surface area contributed by atoms with Crippen LogP contribution in [0.4, 0.5) is 13.2 Å². The summed E-state index contributed by atoms with van der Waals surface area (Å²) in [7, 11) is 1.61. The molecular formula is C20H20ClF3N4O2. The van der Waals surface area contributed by atoms with Crippen molar-refractivity contribution in [1.29, 1.82) is 0 Å². The number of fused-ring (bicyclic) bond motifs is 1. The summed E-state index contributed by atoms with van der Waals surface area (Å²) in [6.07, 6.45) is 0.798. The van der Waals surface area contributed by atoms with Crippen LogP contribution in [0.5, 0.6) is 0 Å². The number of oxime groups is 1. The molecule has 3 N–H and O–H groups in total. The Morgan fingerprint density at radius 2 is 2.07 bits per heavy atom. The van der Waals surface area contributed by atoms with Gasteiger partial charge in [0.1, 0.15) is 17.2 Å². The highest BCUT2D eigenvalue weighted by molar-refractivity contribution is 6.30. The highest BCUT2D eigenvalue weighted by atomic mass is 35.5. The summed E-state index contributed by atoms with van der Waals surface area (Å²) < 4.78 is 46.9. The monoisotopic (exact) mass is 440 g/mol. The van der Waals surface area contributed by atoms with Crippen molar-refractivity contribution in [3.63, 3.8) is 0 Å². The third-order valence-electron chi connectivity index (χ3n) is 4.49. The third kappa shape index (κ3) is 4.92. The number of nitrogens with one attached hydrogen (secondary N) is 2. The summed E-state index contributed by atoms with van der Waals surface area (Å²) in [5, 5.41) is 15.8. The Morgan fingerprint density at radius 1 is 1.27 bits per heavy atom. The number of benzene rings is 2. The minimum Gasteiger partial charge on any atom is -0.411 e. The van der Waals surface area contributed by atoms with Gasteiger partial charge in [0.2, 0.25) is 0 Å². The Morgan fingerprint density at radius 3 is 2.77 bits per heavy atom. The smallest absolute Gasteiger partial charge is 0.186 e. The van der Waals surface area contributed by atoms with Crippen LogP contribution in [0.15, 0.2) is 29.4 Å². The molecule has 0 radical (unpaired) electrons. The van der Waals surface area contributed by atoms with Gasteiger partial charge in [-0.3, -0.25) is 0 Å². The number of halogens is 4. The van der Waals surface area contributed by atoms with Gasteiger partial charge in [0.25, 0.3) is 0 Å². The second-order valence-corrected chi connectivity index (χ2v) is 7.03. The summed E-state index contributed by atoms with van der Waals surface area (Å²) in [6, 6.07) is 4.95. The van der Waals surface area contributed by atoms with Gasteiger partial charge in [0.05, 0.1) is 22.8 Å². The summed E-state index contributed by atoms with van der Waals surface area (Å²) in [4.78, 5) is 7.08. The topological polar surface area (TPSA) is 82.5 Å². The summed E-state index contributed by atoms with van der Waals surface area (Å²) in [5.74, 6) is -2.41. The van der Waals surface area contributed by atoms with Crippen LogP contribution in [0.1, 0.15) is 23.4 Å². The second kappa shape index (κ2) is 9.92. The molecule has 0 spiro atoms. The largest absolute Gasteiger partial charge is 0.411 e. The van der Waals surface area contributed by atoms with Crippen molar-refractivity contribution in [2.24, 2.45) is 5.16 Å². The third-order valence-corrected chi connectivity index (χ3v) is 4.78. The number of H-pyrrole nitrogens is 1. The molecule has 3 aromatic rings. The lowest BCUT2D eigenvalue weighted by Gasteiger charge is -2.08. The van der Waals surface area contributed by atoms with Gasteiger partial charge >= 0.3 is 0 Å². The van der Waals surface area contributed by atoms with Gasteiger partial charge in [0.15, 0.2) is 11.6 Å². The number of imidazole rings is 1. The maximum Gasteiger partial charge on any atom is 0.186 e. The molecule has 6 nitrogen and oxygen atoms in total. The van der Waals surface area contributed by atoms with Crippen LogP contribution in [0.25, 0.3) is 11.0 Å². The molecule has 0 bridgehead atoms. The van der Waals surface area contributed by atoms with Crippen LogP contribution in [0, 0.1) is 17.5 Å². The standard InChI is InChI=1S/C20H20ClF3N4O2/c1-30-6-2-5-25-10-17-26-19-12(9-15(23)18(24)20(19)27-17)16(28-29)8-11-3-4-14(22)13(21)7-11/h3-4,7,9,25,29H,2,5-6,8,10H2,1H3,(H,26,27)/b28-16+. The van der Waals surface area contributed by atoms with Crippen LogP contribution in [0.3, 0.4) is 0 Å². The molecule has 0 aliphatic carbocycles. The average Bonchev–Trinajstić information content (AvgIpc) is 3.16. The van der Waals surface area contributed by atoms with Gasteiger partial charge in [-0.05, 0) is 36.7 Å². The first kappa shape index (κ1) is 22.1. The van der Waals surface area contributed by atoms with E-state index in [0.29, 0.717) is 31.1 Å². The Bertz CT molecular complexity index is 1070. The van der Waals surface area contributed by atoms with E-state index in [-0.39, 0.29) is 33.8 Å². The molecule has 1 aromatic heterocycles. The van der Waals surface area contributed by atoms with E-state index in [9.17, 15) is 18.4 Å². The zero-order valence-corrected chi connectivity index (χ0v) is 16.9. The van der Waals surface area contributed by atoms with Gasteiger partial charge in [-0.1, -0.05) is 22.8 Å². The lowest BCUT2D eigenvalue weighted by atomic mass is 10.0. The molecule has 0 amide bonds. The molecule has 0 saturated carbocycles. The van der Waals surface area contributed by atoms with Crippen molar-refractivity contribution < 1.29 is 23.1 Å². The highest BCUT2D eigenvalue weighted by Gasteiger charge is 2.20. The van der Waals surface area contributed by atoms with Crippen LogP contribution < -0.4 is 5.32 Å². The maximum absolute atomic E-state index is 14.3. The van der Waals surface area contributed by atoms with E-state index in [1.165, 1.54) is 18.2 Å². The van der Waals surface area contributed by atoms with Gasteiger partial charge in [0, 0.05) is 25.7 Å². The molecule has 0 aliphatic heterocycles. The Labute approximate surface area is 175 Å². The fourth-order valence-electron chi connectivity index (χ4n) is 3.04. The van der Waals surface area contributed by atoms with Crippen LogP contribution in [-0.4, -0.2) is 41.1 Å². The Hall–Kier alpha value is -2.62. The van der Waals surface area contributed by atoms with Gasteiger partial charge in [-0.2, -0.15) is 0 Å². The van der Waals surface area contributed by atoms with Gasteiger partial charge in [-0.25, -0.2) is 18.2 Å². The molecule has 160 valence electrons. The first-order valence-electron chi connectivity index (χ1n) is 9.16. The fourth-order valence-corrected chi connectivity index (χ4v) is 3.24. The first-order valence-corrected chi connectivity index (χ1v) is 9.53. The summed E-state index contributed by atoms with van der Waals surface area (Å²) >= 11 is 5.79. The molecule has 0 saturated heterocycles. The fraction of sp³-hybridized carbons (Fsp3) is 0.300. The number of hydrogen-bond donors (Lipinski definition) is 3. The van der Waals surface area contributed by atoms with E-state index in [0.717, 1.165) is 12.5 Å². The van der Waals surface area contributed by atoms with Crippen molar-refractivity contribution in [3.05, 3.63) is 63.7 Å². The minimum atomic E-state index is -1.12. The Kier molecular flexibility index (Phi) is 7.30. The Balaban J connectivity index is 1.91. The molecule has 10 heteroatoms. The zero-order valence-electron chi connectivity index (χ0n) is 16.1. The molecule has 0 atom stereocenters. The minimum absolute atomic E-state index is 0.0142. The molecular weight excluding hydrogens is 421 g/mol. The quantitative estimate of drug-likeness (QED) is 0.202. The maximum atomic E-state index is 14.3. The van der Waals surface area contributed by atoms with Crippen LogP contribution >= 0.6 is 11.6 Å². The van der Waals surface area contributed by atoms with Crippen LogP contribution in [-0.2, 0) is 17.7 Å². The highest BCUT2D eigenvalue weighted by Crippen LogP contribution is 2.25. The van der Waals surface area contributed by atoms with E-state index in [2.05, 4.69) is 20.4 Å². The predicted molar refractivity (Wildman–Crippen MR) is 108 cm³/mol. The number of methoxy groups -OCH3 is 1. The van der Waals surface area contributed by atoms with E-state index < -0.39 is 17.5 Å². The second-order valence-electron chi connectivity index (χ2n) is 6.62. The number of aromatic amines is 1. The first-order chi connectivity index (χ1) is 14.4.